The average Bonchev–Trinajstić information content (AvgIpc) is 2.39. The molecule has 0 spiro atoms. The molecule has 2 rings (SSSR count). The standard InChI is InChI=1S/C13H9N3O2/c14-7-8-1-3-9(4-2-8)10-5-6-11(15)16-12(10)13(17)18/h1-6H,(H2,15,16)(H,17,18). The average molecular weight is 239 g/mol. The minimum atomic E-state index is -1.14. The number of carboxylic acids is 1. The van der Waals surface area contributed by atoms with E-state index in [-0.39, 0.29) is 11.5 Å². The van der Waals surface area contributed by atoms with E-state index in [1.165, 1.54) is 0 Å². The third-order valence-corrected chi connectivity index (χ3v) is 2.44. The molecule has 88 valence electrons. The Hall–Kier alpha value is -2.87. The summed E-state index contributed by atoms with van der Waals surface area (Å²) in [6.07, 6.45) is 0. The van der Waals surface area contributed by atoms with E-state index in [1.807, 2.05) is 6.07 Å². The van der Waals surface area contributed by atoms with Crippen molar-refractivity contribution < 1.29 is 9.90 Å². The zero-order valence-electron chi connectivity index (χ0n) is 9.29. The van der Waals surface area contributed by atoms with Gasteiger partial charge < -0.3 is 10.8 Å². The summed E-state index contributed by atoms with van der Waals surface area (Å²) >= 11 is 0. The Labute approximate surface area is 103 Å². The van der Waals surface area contributed by atoms with E-state index < -0.39 is 5.97 Å². The Morgan fingerprint density at radius 1 is 1.22 bits per heavy atom. The predicted octanol–water partition coefficient (Wildman–Crippen LogP) is 1.90. The molecule has 5 nitrogen and oxygen atoms in total. The van der Waals surface area contributed by atoms with Gasteiger partial charge in [0.05, 0.1) is 11.6 Å². The van der Waals surface area contributed by atoms with Crippen LogP contribution in [0.15, 0.2) is 36.4 Å². The summed E-state index contributed by atoms with van der Waals surface area (Å²) in [5.41, 5.74) is 7.04. The van der Waals surface area contributed by atoms with Crippen molar-refractivity contribution in [3.05, 3.63) is 47.7 Å². The number of pyridine rings is 1. The second-order valence-corrected chi connectivity index (χ2v) is 3.63. The highest BCUT2D eigenvalue weighted by molar-refractivity contribution is 5.94. The van der Waals surface area contributed by atoms with Gasteiger partial charge in [0.15, 0.2) is 5.69 Å². The van der Waals surface area contributed by atoms with Crippen molar-refractivity contribution in [2.75, 3.05) is 5.73 Å². The number of aromatic nitrogens is 1. The van der Waals surface area contributed by atoms with Crippen LogP contribution in [0.3, 0.4) is 0 Å². The quantitative estimate of drug-likeness (QED) is 0.833. The molecule has 0 saturated carbocycles. The van der Waals surface area contributed by atoms with Crippen LogP contribution in [0.1, 0.15) is 16.1 Å². The maximum absolute atomic E-state index is 11.1. The number of hydrogen-bond donors (Lipinski definition) is 2. The highest BCUT2D eigenvalue weighted by Gasteiger charge is 2.13. The smallest absolute Gasteiger partial charge is 0.355 e. The Balaban J connectivity index is 2.56. The van der Waals surface area contributed by atoms with Crippen molar-refractivity contribution in [3.63, 3.8) is 0 Å². The fourth-order valence-electron chi connectivity index (χ4n) is 1.59. The number of nitrogens with zero attached hydrogens (tertiary/aromatic N) is 2. The zero-order valence-corrected chi connectivity index (χ0v) is 9.29. The van der Waals surface area contributed by atoms with Crippen LogP contribution in [0.2, 0.25) is 0 Å². The molecule has 18 heavy (non-hydrogen) atoms. The van der Waals surface area contributed by atoms with E-state index in [2.05, 4.69) is 4.98 Å². The normalized spacial score (nSPS) is 9.72. The molecule has 2 aromatic rings. The number of anilines is 1. The van der Waals surface area contributed by atoms with Gasteiger partial charge in [-0.25, -0.2) is 9.78 Å². The number of nitriles is 1. The van der Waals surface area contributed by atoms with Gasteiger partial charge in [-0.3, -0.25) is 0 Å². The van der Waals surface area contributed by atoms with Gasteiger partial charge in [-0.1, -0.05) is 12.1 Å². The molecule has 0 aliphatic carbocycles. The van der Waals surface area contributed by atoms with Crippen LogP contribution < -0.4 is 5.73 Å². The van der Waals surface area contributed by atoms with Crippen LogP contribution >= 0.6 is 0 Å². The van der Waals surface area contributed by atoms with Gasteiger partial charge >= 0.3 is 5.97 Å². The summed E-state index contributed by atoms with van der Waals surface area (Å²) in [5.74, 6) is -0.980. The second-order valence-electron chi connectivity index (χ2n) is 3.63. The number of benzene rings is 1. The van der Waals surface area contributed by atoms with Crippen LogP contribution in [0.5, 0.6) is 0 Å². The first-order valence-electron chi connectivity index (χ1n) is 5.12. The van der Waals surface area contributed by atoms with Crippen LogP contribution in [0.4, 0.5) is 5.82 Å². The highest BCUT2D eigenvalue weighted by atomic mass is 16.4. The topological polar surface area (TPSA) is 100 Å². The lowest BCUT2D eigenvalue weighted by atomic mass is 10.0. The first-order valence-corrected chi connectivity index (χ1v) is 5.12. The molecule has 0 radical (unpaired) electrons. The third kappa shape index (κ3) is 2.13. The molecule has 0 atom stereocenters. The van der Waals surface area contributed by atoms with Crippen molar-refractivity contribution in [3.8, 4) is 17.2 Å². The van der Waals surface area contributed by atoms with Gasteiger partial charge in [-0.2, -0.15) is 5.26 Å². The van der Waals surface area contributed by atoms with Gasteiger partial charge in [-0.15, -0.1) is 0 Å². The lowest BCUT2D eigenvalue weighted by Gasteiger charge is -2.06. The monoisotopic (exact) mass is 239 g/mol. The van der Waals surface area contributed by atoms with Crippen molar-refractivity contribution in [1.29, 1.82) is 5.26 Å². The van der Waals surface area contributed by atoms with E-state index >= 15 is 0 Å². The molecule has 1 heterocycles. The van der Waals surface area contributed by atoms with Crippen molar-refractivity contribution in [2.45, 2.75) is 0 Å². The van der Waals surface area contributed by atoms with Gasteiger partial charge in [0.1, 0.15) is 5.82 Å². The fourth-order valence-corrected chi connectivity index (χ4v) is 1.59. The summed E-state index contributed by atoms with van der Waals surface area (Å²) in [7, 11) is 0. The lowest BCUT2D eigenvalue weighted by Crippen LogP contribution is -2.05. The van der Waals surface area contributed by atoms with Crippen molar-refractivity contribution in [1.82, 2.24) is 4.98 Å². The minimum Gasteiger partial charge on any atom is -0.476 e. The van der Waals surface area contributed by atoms with Crippen LogP contribution in [0, 0.1) is 11.3 Å². The maximum atomic E-state index is 11.1. The van der Waals surface area contributed by atoms with Gasteiger partial charge in [-0.05, 0) is 29.8 Å². The largest absolute Gasteiger partial charge is 0.476 e. The van der Waals surface area contributed by atoms with E-state index in [0.717, 1.165) is 0 Å². The molecule has 0 saturated heterocycles. The molecule has 0 bridgehead atoms. The summed E-state index contributed by atoms with van der Waals surface area (Å²) in [6.45, 7) is 0. The number of nitrogen functional groups attached to an aromatic ring is 1. The number of rotatable bonds is 2. The molecule has 5 heteroatoms. The Bertz CT molecular complexity index is 642. The van der Waals surface area contributed by atoms with E-state index in [9.17, 15) is 4.79 Å². The first-order chi connectivity index (χ1) is 8.61. The molecule has 1 aromatic carbocycles. The minimum absolute atomic E-state index is 0.0975. The molecule has 0 amide bonds. The fraction of sp³-hybridized carbons (Fsp3) is 0. The van der Waals surface area contributed by atoms with Gasteiger partial charge in [0.2, 0.25) is 0 Å². The van der Waals surface area contributed by atoms with Crippen LogP contribution in [-0.4, -0.2) is 16.1 Å². The zero-order chi connectivity index (χ0) is 13.1. The van der Waals surface area contributed by atoms with Gasteiger partial charge in [0, 0.05) is 5.56 Å². The Kier molecular flexibility index (Phi) is 2.94. The summed E-state index contributed by atoms with van der Waals surface area (Å²) in [5, 5.41) is 17.8. The molecule has 0 fully saturated rings. The Morgan fingerprint density at radius 3 is 2.44 bits per heavy atom. The SMILES string of the molecule is N#Cc1ccc(-c2ccc(N)nc2C(=O)O)cc1. The third-order valence-electron chi connectivity index (χ3n) is 2.44. The van der Waals surface area contributed by atoms with E-state index in [1.54, 1.807) is 36.4 Å². The summed E-state index contributed by atoms with van der Waals surface area (Å²) in [6, 6.07) is 11.7. The molecular weight excluding hydrogens is 230 g/mol. The number of aromatic carboxylic acids is 1. The number of carboxylic acid groups (broad SMARTS) is 1. The second kappa shape index (κ2) is 4.55. The highest BCUT2D eigenvalue weighted by Crippen LogP contribution is 2.23. The molecule has 0 aliphatic heterocycles. The molecule has 3 N–H and O–H groups in total. The van der Waals surface area contributed by atoms with Crippen molar-refractivity contribution >= 4 is 11.8 Å². The van der Waals surface area contributed by atoms with Crippen LogP contribution in [-0.2, 0) is 0 Å². The molecular formula is C13H9N3O2. The lowest BCUT2D eigenvalue weighted by molar-refractivity contribution is 0.0691. The first kappa shape index (κ1) is 11.6. The number of nitrogens with two attached hydrogens (primary N) is 1. The van der Waals surface area contributed by atoms with E-state index in [4.69, 9.17) is 16.1 Å². The number of carbonyl (C=O) groups is 1. The molecule has 0 unspecified atom stereocenters. The van der Waals surface area contributed by atoms with Crippen LogP contribution in [0.25, 0.3) is 11.1 Å². The molecule has 0 aliphatic rings. The van der Waals surface area contributed by atoms with E-state index in [0.29, 0.717) is 16.7 Å². The van der Waals surface area contributed by atoms with Gasteiger partial charge in [0.25, 0.3) is 0 Å². The predicted molar refractivity (Wildman–Crippen MR) is 65.8 cm³/mol. The Morgan fingerprint density at radius 2 is 1.89 bits per heavy atom. The maximum Gasteiger partial charge on any atom is 0.355 e. The van der Waals surface area contributed by atoms with Crippen molar-refractivity contribution in [2.24, 2.45) is 0 Å². The summed E-state index contributed by atoms with van der Waals surface area (Å²) < 4.78 is 0. The number of hydrogen-bond acceptors (Lipinski definition) is 4. The molecule has 1 aromatic heterocycles. The summed E-state index contributed by atoms with van der Waals surface area (Å²) in [4.78, 5) is 14.9.